The lowest BCUT2D eigenvalue weighted by Gasteiger charge is -2.14. The van der Waals surface area contributed by atoms with Gasteiger partial charge >= 0.3 is 0 Å². The number of rotatable bonds is 2. The maximum atomic E-state index is 5.91. The van der Waals surface area contributed by atoms with Crippen molar-refractivity contribution < 1.29 is 0 Å². The molecule has 0 amide bonds. The first-order valence-corrected chi connectivity index (χ1v) is 5.07. The van der Waals surface area contributed by atoms with Gasteiger partial charge in [-0.3, -0.25) is 9.88 Å². The molecule has 1 aliphatic heterocycles. The molecule has 0 spiro atoms. The van der Waals surface area contributed by atoms with E-state index >= 15 is 0 Å². The molecule has 5 heteroatoms. The zero-order valence-electron chi connectivity index (χ0n) is 7.86. The summed E-state index contributed by atoms with van der Waals surface area (Å²) < 4.78 is 0. The minimum Gasteiger partial charge on any atom is -0.326 e. The second-order valence-corrected chi connectivity index (χ2v) is 3.94. The zero-order valence-corrected chi connectivity index (χ0v) is 8.61. The molecule has 0 aliphatic carbocycles. The minimum absolute atomic E-state index is 0.297. The van der Waals surface area contributed by atoms with E-state index in [0.717, 1.165) is 31.7 Å². The zero-order chi connectivity index (χ0) is 9.97. The lowest BCUT2D eigenvalue weighted by Crippen LogP contribution is -2.26. The highest BCUT2D eigenvalue weighted by Crippen LogP contribution is 2.15. The van der Waals surface area contributed by atoms with Crippen LogP contribution in [0, 0.1) is 0 Å². The summed E-state index contributed by atoms with van der Waals surface area (Å²) in [6, 6.07) is 0.297. The first-order valence-electron chi connectivity index (χ1n) is 4.69. The summed E-state index contributed by atoms with van der Waals surface area (Å²) >= 11 is 5.91. The molecule has 1 atom stereocenters. The van der Waals surface area contributed by atoms with Crippen LogP contribution in [0.2, 0.25) is 5.15 Å². The second kappa shape index (κ2) is 4.21. The van der Waals surface area contributed by atoms with Gasteiger partial charge in [-0.15, -0.1) is 0 Å². The van der Waals surface area contributed by atoms with Crippen molar-refractivity contribution >= 4 is 11.6 Å². The molecule has 2 N–H and O–H groups in total. The molecule has 0 radical (unpaired) electrons. The number of aromatic nitrogens is 2. The van der Waals surface area contributed by atoms with Crippen molar-refractivity contribution in [3.63, 3.8) is 0 Å². The van der Waals surface area contributed by atoms with Crippen LogP contribution in [-0.2, 0) is 6.54 Å². The lowest BCUT2D eigenvalue weighted by molar-refractivity contribution is 0.322. The summed E-state index contributed by atoms with van der Waals surface area (Å²) in [5.41, 5.74) is 6.64. The van der Waals surface area contributed by atoms with Crippen LogP contribution in [0.15, 0.2) is 12.4 Å². The Bertz CT molecular complexity index is 317. The largest absolute Gasteiger partial charge is 0.326 e. The standard InChI is InChI=1S/C9H13ClN4/c10-9-8(12-2-3-13-9)6-14-4-1-7(11)5-14/h2-3,7H,1,4-6,11H2. The van der Waals surface area contributed by atoms with E-state index in [-0.39, 0.29) is 0 Å². The summed E-state index contributed by atoms with van der Waals surface area (Å²) in [6.07, 6.45) is 4.32. The third-order valence-corrected chi connectivity index (χ3v) is 2.72. The van der Waals surface area contributed by atoms with Crippen LogP contribution >= 0.6 is 11.6 Å². The highest BCUT2D eigenvalue weighted by Gasteiger charge is 2.20. The van der Waals surface area contributed by atoms with Gasteiger partial charge in [-0.1, -0.05) is 11.6 Å². The first kappa shape index (κ1) is 9.83. The third kappa shape index (κ3) is 2.20. The predicted molar refractivity (Wildman–Crippen MR) is 54.9 cm³/mol. The fraction of sp³-hybridized carbons (Fsp3) is 0.556. The van der Waals surface area contributed by atoms with Gasteiger partial charge in [0.05, 0.1) is 5.69 Å². The molecular weight excluding hydrogens is 200 g/mol. The van der Waals surface area contributed by atoms with E-state index in [4.69, 9.17) is 17.3 Å². The summed E-state index contributed by atoms with van der Waals surface area (Å²) in [4.78, 5) is 10.4. The Kier molecular flexibility index (Phi) is 2.96. The molecule has 2 rings (SSSR count). The molecule has 4 nitrogen and oxygen atoms in total. The van der Waals surface area contributed by atoms with Crippen LogP contribution in [0.1, 0.15) is 12.1 Å². The number of hydrogen-bond donors (Lipinski definition) is 1. The predicted octanol–water partition coefficient (Wildman–Crippen LogP) is 0.663. The van der Waals surface area contributed by atoms with Gasteiger partial charge in [0.25, 0.3) is 0 Å². The van der Waals surface area contributed by atoms with Crippen molar-refractivity contribution in [2.24, 2.45) is 5.73 Å². The van der Waals surface area contributed by atoms with Crippen LogP contribution in [0.3, 0.4) is 0 Å². The Hall–Kier alpha value is -0.710. The molecule has 0 aromatic carbocycles. The molecule has 0 bridgehead atoms. The number of hydrogen-bond acceptors (Lipinski definition) is 4. The molecule has 14 heavy (non-hydrogen) atoms. The average Bonchev–Trinajstić information content (AvgIpc) is 2.56. The van der Waals surface area contributed by atoms with E-state index in [1.807, 2.05) is 0 Å². The van der Waals surface area contributed by atoms with Crippen molar-refractivity contribution in [1.82, 2.24) is 14.9 Å². The molecule has 1 fully saturated rings. The van der Waals surface area contributed by atoms with Crippen LogP contribution in [-0.4, -0.2) is 34.0 Å². The smallest absolute Gasteiger partial charge is 0.151 e. The Morgan fingerprint density at radius 2 is 2.29 bits per heavy atom. The van der Waals surface area contributed by atoms with Gasteiger partial charge in [0, 0.05) is 38.1 Å². The van der Waals surface area contributed by atoms with E-state index in [9.17, 15) is 0 Å². The Morgan fingerprint density at radius 1 is 1.50 bits per heavy atom. The van der Waals surface area contributed by atoms with E-state index in [2.05, 4.69) is 14.9 Å². The van der Waals surface area contributed by atoms with E-state index in [0.29, 0.717) is 11.2 Å². The Morgan fingerprint density at radius 3 is 2.93 bits per heavy atom. The quantitative estimate of drug-likeness (QED) is 0.783. The lowest BCUT2D eigenvalue weighted by atomic mass is 10.3. The normalized spacial score (nSPS) is 22.9. The molecule has 1 unspecified atom stereocenters. The molecule has 2 heterocycles. The molecular formula is C9H13ClN4. The monoisotopic (exact) mass is 212 g/mol. The summed E-state index contributed by atoms with van der Waals surface area (Å²) in [5.74, 6) is 0. The van der Waals surface area contributed by atoms with Crippen molar-refractivity contribution in [3.8, 4) is 0 Å². The fourth-order valence-corrected chi connectivity index (χ4v) is 1.84. The molecule has 1 saturated heterocycles. The van der Waals surface area contributed by atoms with Gasteiger partial charge in [0.15, 0.2) is 5.15 Å². The van der Waals surface area contributed by atoms with Gasteiger partial charge in [0.2, 0.25) is 0 Å². The highest BCUT2D eigenvalue weighted by atomic mass is 35.5. The van der Waals surface area contributed by atoms with Crippen LogP contribution < -0.4 is 5.73 Å². The summed E-state index contributed by atoms with van der Waals surface area (Å²) in [6.45, 7) is 2.70. The number of nitrogens with two attached hydrogens (primary N) is 1. The maximum Gasteiger partial charge on any atom is 0.151 e. The Labute approximate surface area is 88.1 Å². The number of halogens is 1. The topological polar surface area (TPSA) is 55.0 Å². The highest BCUT2D eigenvalue weighted by molar-refractivity contribution is 6.29. The third-order valence-electron chi connectivity index (χ3n) is 2.41. The fourth-order valence-electron chi connectivity index (χ4n) is 1.67. The van der Waals surface area contributed by atoms with Crippen molar-refractivity contribution in [3.05, 3.63) is 23.2 Å². The SMILES string of the molecule is NC1CCN(Cc2nccnc2Cl)C1. The first-order chi connectivity index (χ1) is 6.75. The van der Waals surface area contributed by atoms with Crippen LogP contribution in [0.25, 0.3) is 0 Å². The van der Waals surface area contributed by atoms with Gasteiger partial charge in [-0.2, -0.15) is 0 Å². The number of likely N-dealkylation sites (tertiary alicyclic amines) is 1. The molecule has 1 aliphatic rings. The van der Waals surface area contributed by atoms with Crippen molar-refractivity contribution in [1.29, 1.82) is 0 Å². The maximum absolute atomic E-state index is 5.91. The van der Waals surface area contributed by atoms with Gasteiger partial charge in [0.1, 0.15) is 0 Å². The molecule has 0 saturated carbocycles. The van der Waals surface area contributed by atoms with Gasteiger partial charge in [-0.05, 0) is 6.42 Å². The molecule has 1 aromatic rings. The minimum atomic E-state index is 0.297. The molecule has 1 aromatic heterocycles. The van der Waals surface area contributed by atoms with Crippen molar-refractivity contribution in [2.75, 3.05) is 13.1 Å². The summed E-state index contributed by atoms with van der Waals surface area (Å²) in [7, 11) is 0. The second-order valence-electron chi connectivity index (χ2n) is 3.58. The average molecular weight is 213 g/mol. The van der Waals surface area contributed by atoms with Crippen LogP contribution in [0.4, 0.5) is 0 Å². The van der Waals surface area contributed by atoms with Gasteiger partial charge in [-0.25, -0.2) is 4.98 Å². The van der Waals surface area contributed by atoms with Crippen LogP contribution in [0.5, 0.6) is 0 Å². The Balaban J connectivity index is 2.01. The van der Waals surface area contributed by atoms with Gasteiger partial charge < -0.3 is 5.73 Å². The number of nitrogens with zero attached hydrogens (tertiary/aromatic N) is 3. The summed E-state index contributed by atoms with van der Waals surface area (Å²) in [5, 5.41) is 0.493. The van der Waals surface area contributed by atoms with E-state index < -0.39 is 0 Å². The molecule has 76 valence electrons. The van der Waals surface area contributed by atoms with E-state index in [1.54, 1.807) is 12.4 Å². The van der Waals surface area contributed by atoms with E-state index in [1.165, 1.54) is 0 Å². The van der Waals surface area contributed by atoms with Crippen molar-refractivity contribution in [2.45, 2.75) is 19.0 Å².